The molecule has 2 amide bonds. The Hall–Kier alpha value is -2.60. The van der Waals surface area contributed by atoms with Gasteiger partial charge in [0.05, 0.1) is 5.69 Å². The molecule has 2 rings (SSSR count). The van der Waals surface area contributed by atoms with Crippen LogP contribution in [0.2, 0.25) is 5.15 Å². The molecule has 23 heavy (non-hydrogen) atoms. The van der Waals surface area contributed by atoms with Gasteiger partial charge in [-0.2, -0.15) is 5.10 Å². The normalized spacial score (nSPS) is 10.8. The standard InChI is InChI=1S/C16H17ClN4O2/c1-10-13(15(17)21(3)20-10)7-8-14(22)19-12-6-4-5-11(9-12)16(23)18-2/h4-9H,1-3H3,(H,18,23)(H,19,22)/b8-7+. The van der Waals surface area contributed by atoms with E-state index < -0.39 is 0 Å². The molecule has 0 bridgehead atoms. The molecule has 7 heteroatoms. The molecule has 0 aliphatic heterocycles. The summed E-state index contributed by atoms with van der Waals surface area (Å²) in [5.41, 5.74) is 2.45. The molecule has 0 aliphatic carbocycles. The maximum atomic E-state index is 12.0. The van der Waals surface area contributed by atoms with Gasteiger partial charge in [-0.05, 0) is 31.2 Å². The number of anilines is 1. The summed E-state index contributed by atoms with van der Waals surface area (Å²) in [6, 6.07) is 6.68. The Kier molecular flexibility index (Phi) is 5.18. The zero-order valence-electron chi connectivity index (χ0n) is 13.1. The highest BCUT2D eigenvalue weighted by atomic mass is 35.5. The third kappa shape index (κ3) is 3.98. The van der Waals surface area contributed by atoms with Gasteiger partial charge in [0.1, 0.15) is 5.15 Å². The molecule has 0 saturated carbocycles. The molecule has 1 aromatic carbocycles. The Morgan fingerprint density at radius 2 is 2.09 bits per heavy atom. The summed E-state index contributed by atoms with van der Waals surface area (Å²) in [7, 11) is 3.29. The van der Waals surface area contributed by atoms with E-state index in [4.69, 9.17) is 11.6 Å². The fourth-order valence-corrected chi connectivity index (χ4v) is 2.30. The maximum absolute atomic E-state index is 12.0. The number of hydrogen-bond acceptors (Lipinski definition) is 3. The second-order valence-electron chi connectivity index (χ2n) is 4.90. The summed E-state index contributed by atoms with van der Waals surface area (Å²) in [6.07, 6.45) is 2.99. The minimum atomic E-state index is -0.321. The molecular formula is C16H17ClN4O2. The minimum absolute atomic E-state index is 0.214. The Labute approximate surface area is 139 Å². The van der Waals surface area contributed by atoms with E-state index in [0.29, 0.717) is 22.0 Å². The first-order valence-corrected chi connectivity index (χ1v) is 7.30. The third-order valence-electron chi connectivity index (χ3n) is 3.22. The van der Waals surface area contributed by atoms with Gasteiger partial charge >= 0.3 is 0 Å². The fourth-order valence-electron chi connectivity index (χ4n) is 2.06. The molecule has 0 aliphatic rings. The van der Waals surface area contributed by atoms with E-state index >= 15 is 0 Å². The van der Waals surface area contributed by atoms with Gasteiger partial charge in [-0.15, -0.1) is 0 Å². The number of aryl methyl sites for hydroxylation is 2. The van der Waals surface area contributed by atoms with Gasteiger partial charge in [-0.25, -0.2) is 0 Å². The predicted molar refractivity (Wildman–Crippen MR) is 90.5 cm³/mol. The Morgan fingerprint density at radius 1 is 1.35 bits per heavy atom. The van der Waals surface area contributed by atoms with E-state index in [1.807, 2.05) is 6.92 Å². The van der Waals surface area contributed by atoms with Crippen LogP contribution in [0.4, 0.5) is 5.69 Å². The van der Waals surface area contributed by atoms with Crippen LogP contribution >= 0.6 is 11.6 Å². The lowest BCUT2D eigenvalue weighted by atomic mass is 10.2. The lowest BCUT2D eigenvalue weighted by Crippen LogP contribution is -2.18. The zero-order chi connectivity index (χ0) is 17.0. The van der Waals surface area contributed by atoms with Crippen molar-refractivity contribution in [1.82, 2.24) is 15.1 Å². The topological polar surface area (TPSA) is 76.0 Å². The van der Waals surface area contributed by atoms with Crippen molar-refractivity contribution in [2.75, 3.05) is 12.4 Å². The number of carbonyl (C=O) groups is 2. The molecule has 2 aromatic rings. The minimum Gasteiger partial charge on any atom is -0.355 e. The molecule has 0 unspecified atom stereocenters. The van der Waals surface area contributed by atoms with Crippen LogP contribution in [0.3, 0.4) is 0 Å². The SMILES string of the molecule is CNC(=O)c1cccc(NC(=O)/C=C/c2c(C)nn(C)c2Cl)c1. The average molecular weight is 333 g/mol. The molecule has 0 saturated heterocycles. The molecule has 1 heterocycles. The van der Waals surface area contributed by atoms with Gasteiger partial charge in [-0.3, -0.25) is 14.3 Å². The van der Waals surface area contributed by atoms with Gasteiger partial charge in [-0.1, -0.05) is 17.7 Å². The van der Waals surface area contributed by atoms with Crippen LogP contribution < -0.4 is 10.6 Å². The zero-order valence-corrected chi connectivity index (χ0v) is 13.8. The fraction of sp³-hybridized carbons (Fsp3) is 0.188. The van der Waals surface area contributed by atoms with Crippen molar-refractivity contribution < 1.29 is 9.59 Å². The lowest BCUT2D eigenvalue weighted by molar-refractivity contribution is -0.111. The number of nitrogens with one attached hydrogen (secondary N) is 2. The summed E-state index contributed by atoms with van der Waals surface area (Å²) < 4.78 is 1.54. The molecule has 1 aromatic heterocycles. The van der Waals surface area contributed by atoms with Gasteiger partial charge in [0.25, 0.3) is 5.91 Å². The highest BCUT2D eigenvalue weighted by Crippen LogP contribution is 2.20. The van der Waals surface area contributed by atoms with Crippen LogP contribution in [-0.4, -0.2) is 28.6 Å². The summed E-state index contributed by atoms with van der Waals surface area (Å²) in [4.78, 5) is 23.6. The molecule has 6 nitrogen and oxygen atoms in total. The lowest BCUT2D eigenvalue weighted by Gasteiger charge is -2.05. The number of hydrogen-bond donors (Lipinski definition) is 2. The number of rotatable bonds is 4. The number of carbonyl (C=O) groups excluding carboxylic acids is 2. The van der Waals surface area contributed by atoms with Crippen molar-refractivity contribution in [3.05, 3.63) is 52.3 Å². The maximum Gasteiger partial charge on any atom is 0.251 e. The first kappa shape index (κ1) is 16.8. The Bertz CT molecular complexity index is 780. The van der Waals surface area contributed by atoms with E-state index in [1.54, 1.807) is 49.1 Å². The summed E-state index contributed by atoms with van der Waals surface area (Å²) in [5, 5.41) is 9.87. The summed E-state index contributed by atoms with van der Waals surface area (Å²) in [5.74, 6) is -0.534. The number of amides is 2. The van der Waals surface area contributed by atoms with E-state index in [0.717, 1.165) is 5.69 Å². The summed E-state index contributed by atoms with van der Waals surface area (Å²) >= 11 is 6.10. The van der Waals surface area contributed by atoms with E-state index in [1.165, 1.54) is 6.08 Å². The molecule has 0 radical (unpaired) electrons. The Morgan fingerprint density at radius 3 is 2.70 bits per heavy atom. The molecule has 0 spiro atoms. The molecule has 120 valence electrons. The number of halogens is 1. The molecule has 0 fully saturated rings. The third-order valence-corrected chi connectivity index (χ3v) is 3.67. The molecule has 2 N–H and O–H groups in total. The van der Waals surface area contributed by atoms with Gasteiger partial charge in [0.15, 0.2) is 0 Å². The first-order chi connectivity index (χ1) is 10.9. The van der Waals surface area contributed by atoms with Crippen LogP contribution in [0.15, 0.2) is 30.3 Å². The highest BCUT2D eigenvalue weighted by molar-refractivity contribution is 6.31. The van der Waals surface area contributed by atoms with Gasteiger partial charge in [0, 0.05) is 37.0 Å². The van der Waals surface area contributed by atoms with Crippen molar-refractivity contribution >= 4 is 35.2 Å². The Balaban J connectivity index is 2.10. The van der Waals surface area contributed by atoms with Gasteiger partial charge in [0.2, 0.25) is 5.91 Å². The second kappa shape index (κ2) is 7.11. The summed E-state index contributed by atoms with van der Waals surface area (Å²) in [6.45, 7) is 1.82. The average Bonchev–Trinajstić information content (AvgIpc) is 2.77. The van der Waals surface area contributed by atoms with Crippen molar-refractivity contribution in [3.63, 3.8) is 0 Å². The number of nitrogens with zero attached hydrogens (tertiary/aromatic N) is 2. The van der Waals surface area contributed by atoms with E-state index in [2.05, 4.69) is 15.7 Å². The van der Waals surface area contributed by atoms with Crippen LogP contribution in [-0.2, 0) is 11.8 Å². The number of aromatic nitrogens is 2. The number of benzene rings is 1. The van der Waals surface area contributed by atoms with E-state index in [9.17, 15) is 9.59 Å². The van der Waals surface area contributed by atoms with Gasteiger partial charge < -0.3 is 10.6 Å². The van der Waals surface area contributed by atoms with Crippen LogP contribution in [0.1, 0.15) is 21.6 Å². The molecule has 0 atom stereocenters. The smallest absolute Gasteiger partial charge is 0.251 e. The van der Waals surface area contributed by atoms with Crippen LogP contribution in [0.25, 0.3) is 6.08 Å². The quantitative estimate of drug-likeness (QED) is 0.844. The van der Waals surface area contributed by atoms with Crippen LogP contribution in [0.5, 0.6) is 0 Å². The van der Waals surface area contributed by atoms with Crippen molar-refractivity contribution in [2.24, 2.45) is 7.05 Å². The van der Waals surface area contributed by atoms with Crippen molar-refractivity contribution in [3.8, 4) is 0 Å². The molecular weight excluding hydrogens is 316 g/mol. The second-order valence-corrected chi connectivity index (χ2v) is 5.25. The van der Waals surface area contributed by atoms with Crippen molar-refractivity contribution in [1.29, 1.82) is 0 Å². The predicted octanol–water partition coefficient (Wildman–Crippen LogP) is 2.39. The highest BCUT2D eigenvalue weighted by Gasteiger charge is 2.09. The van der Waals surface area contributed by atoms with Crippen molar-refractivity contribution in [2.45, 2.75) is 6.92 Å². The van der Waals surface area contributed by atoms with E-state index in [-0.39, 0.29) is 11.8 Å². The van der Waals surface area contributed by atoms with Crippen LogP contribution in [0, 0.1) is 6.92 Å². The monoisotopic (exact) mass is 332 g/mol. The largest absolute Gasteiger partial charge is 0.355 e. The first-order valence-electron chi connectivity index (χ1n) is 6.92.